The van der Waals surface area contributed by atoms with Crippen LogP contribution in [0.4, 0.5) is 0 Å². The summed E-state index contributed by atoms with van der Waals surface area (Å²) >= 11 is 0. The van der Waals surface area contributed by atoms with Crippen molar-refractivity contribution in [3.8, 4) is 0 Å². The van der Waals surface area contributed by atoms with Gasteiger partial charge in [-0.15, -0.1) is 0 Å². The number of rotatable bonds is 5. The molecule has 2 saturated heterocycles. The zero-order valence-electron chi connectivity index (χ0n) is 14.6. The molecule has 132 valence electrons. The van der Waals surface area contributed by atoms with Crippen molar-refractivity contribution >= 4 is 11.9 Å². The van der Waals surface area contributed by atoms with Crippen LogP contribution in [0, 0.1) is 11.8 Å². The molecule has 5 nitrogen and oxygen atoms in total. The Labute approximate surface area is 147 Å². The topological polar surface area (TPSA) is 55.8 Å². The molecule has 3 aliphatic rings. The summed E-state index contributed by atoms with van der Waals surface area (Å²) in [7, 11) is 0. The number of carbonyl (C=O) groups excluding carboxylic acids is 2. The maximum absolute atomic E-state index is 13.2. The summed E-state index contributed by atoms with van der Waals surface area (Å²) in [5.74, 6) is -1.33. The van der Waals surface area contributed by atoms with Gasteiger partial charge in [0, 0.05) is 0 Å². The van der Waals surface area contributed by atoms with Crippen LogP contribution in [0.25, 0.3) is 0 Å². The van der Waals surface area contributed by atoms with Crippen molar-refractivity contribution in [3.05, 3.63) is 48.0 Å². The fourth-order valence-corrected chi connectivity index (χ4v) is 4.34. The average Bonchev–Trinajstić information content (AvgIpc) is 3.28. The number of likely N-dealkylation sites (tertiary alicyclic amines) is 1. The molecular weight excluding hydrogens is 318 g/mol. The molecule has 4 rings (SSSR count). The highest BCUT2D eigenvalue weighted by atomic mass is 16.6. The van der Waals surface area contributed by atoms with Crippen LogP contribution in [0.5, 0.6) is 0 Å². The van der Waals surface area contributed by atoms with Crippen molar-refractivity contribution in [2.45, 2.75) is 38.0 Å². The number of fused-ring (bicyclic) bond motifs is 1. The quantitative estimate of drug-likeness (QED) is 0.610. The summed E-state index contributed by atoms with van der Waals surface area (Å²) in [6.07, 6.45) is 4.31. The van der Waals surface area contributed by atoms with E-state index >= 15 is 0 Å². The zero-order valence-corrected chi connectivity index (χ0v) is 14.6. The van der Waals surface area contributed by atoms with Crippen LogP contribution in [0.1, 0.15) is 31.9 Å². The van der Waals surface area contributed by atoms with Gasteiger partial charge in [-0.05, 0) is 18.9 Å². The summed E-state index contributed by atoms with van der Waals surface area (Å²) in [4.78, 5) is 27.5. The molecule has 5 heteroatoms. The Kier molecular flexibility index (Phi) is 3.91. The Morgan fingerprint density at radius 3 is 2.88 bits per heavy atom. The van der Waals surface area contributed by atoms with Gasteiger partial charge in [-0.1, -0.05) is 49.4 Å². The molecule has 2 bridgehead atoms. The van der Waals surface area contributed by atoms with Gasteiger partial charge in [-0.25, -0.2) is 0 Å². The lowest BCUT2D eigenvalue weighted by atomic mass is 9.77. The molecule has 25 heavy (non-hydrogen) atoms. The van der Waals surface area contributed by atoms with Gasteiger partial charge in [0.1, 0.15) is 11.5 Å². The molecule has 1 amide bonds. The van der Waals surface area contributed by atoms with E-state index in [1.165, 1.54) is 0 Å². The standard InChI is InChI=1S/C20H23NO4/c1-3-11-24-19(23)16-15-9-10-20(25-15)12-21(18(22)17(16)20)13(2)14-7-5-4-6-8-14/h4-10,13,15-17H,3,11-12H2,1-2H3/t13-,15+,16+,17+,20-/m0/s1. The third-order valence-corrected chi connectivity index (χ3v) is 5.60. The predicted molar refractivity (Wildman–Crippen MR) is 91.5 cm³/mol. The van der Waals surface area contributed by atoms with E-state index in [0.717, 1.165) is 12.0 Å². The van der Waals surface area contributed by atoms with Gasteiger partial charge < -0.3 is 14.4 Å². The van der Waals surface area contributed by atoms with Crippen LogP contribution >= 0.6 is 0 Å². The Morgan fingerprint density at radius 1 is 1.40 bits per heavy atom. The molecule has 0 aromatic heterocycles. The summed E-state index contributed by atoms with van der Waals surface area (Å²) in [6, 6.07) is 9.88. The Hall–Kier alpha value is -2.14. The highest BCUT2D eigenvalue weighted by molar-refractivity contribution is 5.91. The van der Waals surface area contributed by atoms with E-state index in [0.29, 0.717) is 13.2 Å². The van der Waals surface area contributed by atoms with Gasteiger partial charge in [-0.2, -0.15) is 0 Å². The number of ether oxygens (including phenoxy) is 2. The number of hydrogen-bond donors (Lipinski definition) is 0. The minimum absolute atomic E-state index is 0.0124. The van der Waals surface area contributed by atoms with E-state index in [9.17, 15) is 9.59 Å². The lowest BCUT2D eigenvalue weighted by Gasteiger charge is -2.27. The number of amides is 1. The first kappa shape index (κ1) is 16.3. The van der Waals surface area contributed by atoms with Crippen molar-refractivity contribution in [3.63, 3.8) is 0 Å². The molecule has 1 spiro atoms. The van der Waals surface area contributed by atoms with Crippen LogP contribution in [0.2, 0.25) is 0 Å². The second kappa shape index (κ2) is 5.99. The van der Waals surface area contributed by atoms with Crippen molar-refractivity contribution in [2.24, 2.45) is 11.8 Å². The van der Waals surface area contributed by atoms with Crippen LogP contribution in [0.3, 0.4) is 0 Å². The number of benzene rings is 1. The lowest BCUT2D eigenvalue weighted by Crippen LogP contribution is -2.40. The minimum atomic E-state index is -0.680. The van der Waals surface area contributed by atoms with Gasteiger partial charge in [0.05, 0.1) is 31.2 Å². The fourth-order valence-electron chi connectivity index (χ4n) is 4.34. The molecule has 3 aliphatic heterocycles. The SMILES string of the molecule is CCCOC(=O)[C@@H]1[C@H]2C=C[C@@]3(CN([C@@H](C)c4ccccc4)C(=O)[C@@H]13)O2. The maximum Gasteiger partial charge on any atom is 0.312 e. The van der Waals surface area contributed by atoms with Gasteiger partial charge >= 0.3 is 5.97 Å². The van der Waals surface area contributed by atoms with Crippen LogP contribution in [-0.2, 0) is 19.1 Å². The molecule has 0 N–H and O–H groups in total. The van der Waals surface area contributed by atoms with Gasteiger partial charge in [0.15, 0.2) is 0 Å². The molecule has 5 atom stereocenters. The Morgan fingerprint density at radius 2 is 2.16 bits per heavy atom. The fraction of sp³-hybridized carbons (Fsp3) is 0.500. The normalized spacial score (nSPS) is 33.6. The van der Waals surface area contributed by atoms with Crippen molar-refractivity contribution < 1.29 is 19.1 Å². The number of hydrogen-bond acceptors (Lipinski definition) is 4. The third kappa shape index (κ3) is 2.41. The smallest absolute Gasteiger partial charge is 0.312 e. The Balaban J connectivity index is 1.60. The number of nitrogens with zero attached hydrogens (tertiary/aromatic N) is 1. The molecule has 0 radical (unpaired) electrons. The largest absolute Gasteiger partial charge is 0.465 e. The van der Waals surface area contributed by atoms with E-state index in [2.05, 4.69) is 0 Å². The average molecular weight is 341 g/mol. The first-order chi connectivity index (χ1) is 12.1. The second-order valence-corrected chi connectivity index (χ2v) is 7.12. The Bertz CT molecular complexity index is 716. The van der Waals surface area contributed by atoms with Crippen LogP contribution < -0.4 is 0 Å². The molecule has 0 saturated carbocycles. The van der Waals surface area contributed by atoms with E-state index in [4.69, 9.17) is 9.47 Å². The summed E-state index contributed by atoms with van der Waals surface area (Å²) in [5.41, 5.74) is 0.400. The molecule has 1 aromatic rings. The molecular formula is C20H23NO4. The predicted octanol–water partition coefficient (Wildman–Crippen LogP) is 2.48. The monoisotopic (exact) mass is 341 g/mol. The molecule has 1 aromatic carbocycles. The van der Waals surface area contributed by atoms with E-state index in [1.54, 1.807) is 0 Å². The summed E-state index contributed by atoms with van der Waals surface area (Å²) in [5, 5.41) is 0. The first-order valence-electron chi connectivity index (χ1n) is 8.96. The van der Waals surface area contributed by atoms with E-state index in [1.807, 2.05) is 61.2 Å². The summed E-state index contributed by atoms with van der Waals surface area (Å²) < 4.78 is 11.4. The van der Waals surface area contributed by atoms with E-state index < -0.39 is 17.4 Å². The van der Waals surface area contributed by atoms with E-state index in [-0.39, 0.29) is 24.0 Å². The second-order valence-electron chi connectivity index (χ2n) is 7.12. The lowest BCUT2D eigenvalue weighted by molar-refractivity contribution is -0.154. The number of carbonyl (C=O) groups is 2. The highest BCUT2D eigenvalue weighted by Crippen LogP contribution is 2.53. The van der Waals surface area contributed by atoms with Gasteiger partial charge in [-0.3, -0.25) is 9.59 Å². The molecule has 2 fully saturated rings. The van der Waals surface area contributed by atoms with Gasteiger partial charge in [0.2, 0.25) is 5.91 Å². The van der Waals surface area contributed by atoms with Crippen molar-refractivity contribution in [2.75, 3.05) is 13.2 Å². The number of esters is 1. The van der Waals surface area contributed by atoms with Crippen molar-refractivity contribution in [1.82, 2.24) is 4.90 Å². The first-order valence-corrected chi connectivity index (χ1v) is 8.96. The van der Waals surface area contributed by atoms with Crippen LogP contribution in [0.15, 0.2) is 42.5 Å². The highest BCUT2D eigenvalue weighted by Gasteiger charge is 2.67. The van der Waals surface area contributed by atoms with Crippen LogP contribution in [-0.4, -0.2) is 41.6 Å². The minimum Gasteiger partial charge on any atom is -0.465 e. The van der Waals surface area contributed by atoms with Gasteiger partial charge in [0.25, 0.3) is 0 Å². The maximum atomic E-state index is 13.2. The molecule has 0 unspecified atom stereocenters. The molecule has 0 aliphatic carbocycles. The molecule has 3 heterocycles. The van der Waals surface area contributed by atoms with Crippen molar-refractivity contribution in [1.29, 1.82) is 0 Å². The third-order valence-electron chi connectivity index (χ3n) is 5.60. The summed E-state index contributed by atoms with van der Waals surface area (Å²) in [6.45, 7) is 4.84. The zero-order chi connectivity index (χ0) is 17.6.